The molecule has 53 heavy (non-hydrogen) atoms. The Labute approximate surface area is 321 Å². The first-order valence-corrected chi connectivity index (χ1v) is 19.0. The highest BCUT2D eigenvalue weighted by atomic mass is 15.0. The quantitative estimate of drug-likeness (QED) is 0.162. The summed E-state index contributed by atoms with van der Waals surface area (Å²) in [6.07, 6.45) is 4.21. The van der Waals surface area contributed by atoms with Gasteiger partial charge in [0.2, 0.25) is 17.1 Å². The van der Waals surface area contributed by atoms with Crippen molar-refractivity contribution in [3.8, 4) is 33.8 Å². The number of hydrogen-bond donors (Lipinski definition) is 0. The molecule has 0 bridgehead atoms. The number of nitrogens with zero attached hydrogens (tertiary/aromatic N) is 3. The van der Waals surface area contributed by atoms with Crippen molar-refractivity contribution in [2.45, 2.75) is 96.9 Å². The molecule has 0 aliphatic heterocycles. The van der Waals surface area contributed by atoms with E-state index in [2.05, 4.69) is 211 Å². The third kappa shape index (κ3) is 8.20. The lowest BCUT2D eigenvalue weighted by Crippen LogP contribution is -2.37. The van der Waals surface area contributed by atoms with Crippen molar-refractivity contribution in [2.24, 2.45) is 21.1 Å². The highest BCUT2D eigenvalue weighted by Crippen LogP contribution is 2.33. The zero-order valence-electron chi connectivity index (χ0n) is 35.8. The molecule has 0 atom stereocenters. The fourth-order valence-corrected chi connectivity index (χ4v) is 7.75. The van der Waals surface area contributed by atoms with Gasteiger partial charge in [-0.05, 0) is 169 Å². The van der Waals surface area contributed by atoms with Crippen molar-refractivity contribution in [1.29, 1.82) is 0 Å². The molecule has 6 aromatic rings. The van der Waals surface area contributed by atoms with Crippen LogP contribution in [0.25, 0.3) is 33.8 Å². The molecule has 0 unspecified atom stereocenters. The van der Waals surface area contributed by atoms with Gasteiger partial charge >= 0.3 is 0 Å². The third-order valence-corrected chi connectivity index (χ3v) is 12.2. The first-order chi connectivity index (χ1) is 24.9. The molecule has 0 saturated carbocycles. The minimum Gasteiger partial charge on any atom is -0.201 e. The van der Waals surface area contributed by atoms with E-state index in [4.69, 9.17) is 0 Å². The molecule has 0 radical (unpaired) electrons. The number of pyridine rings is 3. The van der Waals surface area contributed by atoms with Crippen molar-refractivity contribution in [2.75, 3.05) is 0 Å². The lowest BCUT2D eigenvalue weighted by atomic mass is 9.88. The lowest BCUT2D eigenvalue weighted by molar-refractivity contribution is -0.667. The fourth-order valence-electron chi connectivity index (χ4n) is 7.75. The summed E-state index contributed by atoms with van der Waals surface area (Å²) < 4.78 is 6.70. The predicted molar refractivity (Wildman–Crippen MR) is 225 cm³/mol. The standard InChI is InChI=1S/2C17H22N.C16H20N/c1-11-12(2)14(4)17(15(5)13(11)3)16-9-7-8-10-18(16)6;1-11-9-7-8-10-16(11)17-14(4)12(2)13(3)15(5)18(17)6;1-11-10-12(2)16(14(4)13(11)3)15-8-6-7-9-17(15)5/h2*7-10H,1-6H3;6-10H,1-5H3/q3*+1. The van der Waals surface area contributed by atoms with Gasteiger partial charge in [0.15, 0.2) is 18.1 Å². The van der Waals surface area contributed by atoms with Crippen LogP contribution in [0.4, 0.5) is 0 Å². The molecule has 3 heterocycles. The number of rotatable bonds is 3. The molecule has 0 amide bonds. The first-order valence-electron chi connectivity index (χ1n) is 19.0. The molecule has 0 aliphatic rings. The molecular formula is C50H64N3+3. The van der Waals surface area contributed by atoms with E-state index in [0.717, 1.165) is 0 Å². The van der Waals surface area contributed by atoms with Crippen LogP contribution in [0.5, 0.6) is 0 Å². The van der Waals surface area contributed by atoms with Crippen LogP contribution < -0.4 is 13.7 Å². The Morgan fingerprint density at radius 2 is 0.792 bits per heavy atom. The third-order valence-electron chi connectivity index (χ3n) is 12.2. The molecule has 0 saturated heterocycles. The van der Waals surface area contributed by atoms with Gasteiger partial charge in [0.25, 0.3) is 0 Å². The summed E-state index contributed by atoms with van der Waals surface area (Å²) in [5.41, 5.74) is 27.4. The molecule has 6 rings (SSSR count). The zero-order valence-corrected chi connectivity index (χ0v) is 35.8. The summed E-state index contributed by atoms with van der Waals surface area (Å²) in [5, 5.41) is 0. The number of aryl methyl sites for hydroxylation is 5. The molecule has 0 aliphatic carbocycles. The van der Waals surface area contributed by atoms with E-state index in [0.29, 0.717) is 0 Å². The van der Waals surface area contributed by atoms with Gasteiger partial charge in [-0.15, -0.1) is 0 Å². The Morgan fingerprint density at radius 3 is 1.30 bits per heavy atom. The number of hydrogen-bond acceptors (Lipinski definition) is 0. The summed E-state index contributed by atoms with van der Waals surface area (Å²) in [7, 11) is 6.37. The second-order valence-corrected chi connectivity index (χ2v) is 15.2. The SMILES string of the molecule is Cc1c(C)c(C)c(-c2cccc[n+]2C)c(C)c1C.Cc1cc(C)c(-c2cccc[n+]2C)c(C)c1C.Cc1ccccc1-c1c(C)c(C)c(C)c(C)[n+]1C. The maximum Gasteiger partial charge on any atom is 0.215 e. The average Bonchev–Trinajstić information content (AvgIpc) is 3.13. The summed E-state index contributed by atoms with van der Waals surface area (Å²) >= 11 is 0. The molecular weight excluding hydrogens is 643 g/mol. The monoisotopic (exact) mass is 707 g/mol. The molecule has 3 heteroatoms. The van der Waals surface area contributed by atoms with Gasteiger partial charge < -0.3 is 0 Å². The van der Waals surface area contributed by atoms with Gasteiger partial charge in [-0.2, -0.15) is 4.57 Å². The van der Waals surface area contributed by atoms with Crippen LogP contribution in [0, 0.1) is 96.9 Å². The van der Waals surface area contributed by atoms with Crippen LogP contribution in [0.15, 0.2) is 79.1 Å². The largest absolute Gasteiger partial charge is 0.215 e. The van der Waals surface area contributed by atoms with E-state index < -0.39 is 0 Å². The van der Waals surface area contributed by atoms with Crippen molar-refractivity contribution >= 4 is 0 Å². The Balaban J connectivity index is 0.000000178. The van der Waals surface area contributed by atoms with Gasteiger partial charge in [0.05, 0.1) is 11.1 Å². The van der Waals surface area contributed by atoms with Gasteiger partial charge in [-0.25, -0.2) is 9.13 Å². The Morgan fingerprint density at radius 1 is 0.358 bits per heavy atom. The lowest BCUT2D eigenvalue weighted by Gasteiger charge is -2.17. The topological polar surface area (TPSA) is 11.6 Å². The summed E-state index contributed by atoms with van der Waals surface area (Å²) in [6, 6.07) is 23.6. The highest BCUT2D eigenvalue weighted by Gasteiger charge is 2.23. The van der Waals surface area contributed by atoms with Crippen LogP contribution in [0.1, 0.15) is 78.0 Å². The maximum atomic E-state index is 2.32. The molecule has 3 aromatic carbocycles. The summed E-state index contributed by atoms with van der Waals surface area (Å²) in [6.45, 7) is 31.0. The maximum absolute atomic E-state index is 2.32. The first kappa shape index (κ1) is 40.9. The second-order valence-electron chi connectivity index (χ2n) is 15.2. The number of benzene rings is 3. The zero-order chi connectivity index (χ0) is 39.5. The average molecular weight is 707 g/mol. The van der Waals surface area contributed by atoms with Crippen LogP contribution in [-0.4, -0.2) is 0 Å². The van der Waals surface area contributed by atoms with Gasteiger partial charge in [0.1, 0.15) is 21.1 Å². The highest BCUT2D eigenvalue weighted by molar-refractivity contribution is 5.71. The minimum atomic E-state index is 1.28. The van der Waals surface area contributed by atoms with Gasteiger partial charge in [0, 0.05) is 47.9 Å². The van der Waals surface area contributed by atoms with Crippen molar-refractivity contribution in [3.63, 3.8) is 0 Å². The van der Waals surface area contributed by atoms with E-state index in [1.165, 1.54) is 112 Å². The summed E-state index contributed by atoms with van der Waals surface area (Å²) in [5.74, 6) is 0. The van der Waals surface area contributed by atoms with E-state index in [1.807, 2.05) is 0 Å². The van der Waals surface area contributed by atoms with Gasteiger partial charge in [-0.1, -0.05) is 24.3 Å². The normalized spacial score (nSPS) is 10.7. The van der Waals surface area contributed by atoms with Crippen LogP contribution in [0.3, 0.4) is 0 Å². The van der Waals surface area contributed by atoms with Crippen LogP contribution >= 0.6 is 0 Å². The Bertz CT molecular complexity index is 2140. The summed E-state index contributed by atoms with van der Waals surface area (Å²) in [4.78, 5) is 0. The molecule has 0 spiro atoms. The second kappa shape index (κ2) is 16.8. The Kier molecular flexibility index (Phi) is 13.0. The fraction of sp³-hybridized carbons (Fsp3) is 0.340. The molecule has 0 N–H and O–H groups in total. The Hall–Kier alpha value is -4.89. The molecule has 276 valence electrons. The minimum absolute atomic E-state index is 1.28. The van der Waals surface area contributed by atoms with E-state index in [9.17, 15) is 0 Å². The van der Waals surface area contributed by atoms with E-state index in [-0.39, 0.29) is 0 Å². The van der Waals surface area contributed by atoms with Crippen LogP contribution in [-0.2, 0) is 21.1 Å². The smallest absolute Gasteiger partial charge is 0.201 e. The van der Waals surface area contributed by atoms with E-state index in [1.54, 1.807) is 0 Å². The molecule has 3 nitrogen and oxygen atoms in total. The molecule has 3 aromatic heterocycles. The van der Waals surface area contributed by atoms with Gasteiger partial charge in [-0.3, -0.25) is 0 Å². The van der Waals surface area contributed by atoms with Crippen LogP contribution in [0.2, 0.25) is 0 Å². The number of aromatic nitrogens is 3. The van der Waals surface area contributed by atoms with Crippen molar-refractivity contribution in [1.82, 2.24) is 0 Å². The van der Waals surface area contributed by atoms with E-state index >= 15 is 0 Å². The predicted octanol–water partition coefficient (Wildman–Crippen LogP) is 10.9. The van der Waals surface area contributed by atoms with Crippen molar-refractivity contribution < 1.29 is 13.7 Å². The van der Waals surface area contributed by atoms with Crippen molar-refractivity contribution in [3.05, 3.63) is 157 Å². The molecule has 0 fully saturated rings.